The number of hydrogen-bond acceptors (Lipinski definition) is 5. The SMILES string of the molecule is Cc1csc(CNc2ncc(Br)cn2)n1. The molecule has 0 aromatic carbocycles. The molecular weight excluding hydrogens is 276 g/mol. The van der Waals surface area contributed by atoms with Gasteiger partial charge in [0.25, 0.3) is 0 Å². The van der Waals surface area contributed by atoms with Gasteiger partial charge in [-0.25, -0.2) is 15.0 Å². The van der Waals surface area contributed by atoms with Crippen LogP contribution in [0.2, 0.25) is 0 Å². The minimum Gasteiger partial charge on any atom is -0.348 e. The zero-order valence-corrected chi connectivity index (χ0v) is 10.5. The second-order valence-corrected chi connectivity index (χ2v) is 4.82. The molecule has 2 rings (SSSR count). The van der Waals surface area contributed by atoms with E-state index in [0.717, 1.165) is 15.2 Å². The molecule has 0 saturated heterocycles. The van der Waals surface area contributed by atoms with Gasteiger partial charge in [0.15, 0.2) is 0 Å². The Balaban J connectivity index is 1.96. The first-order chi connectivity index (χ1) is 7.24. The fourth-order valence-corrected chi connectivity index (χ4v) is 1.96. The zero-order chi connectivity index (χ0) is 10.7. The molecule has 0 aliphatic carbocycles. The summed E-state index contributed by atoms with van der Waals surface area (Å²) in [7, 11) is 0. The molecule has 0 aliphatic heterocycles. The maximum Gasteiger partial charge on any atom is 0.223 e. The van der Waals surface area contributed by atoms with Gasteiger partial charge in [0.1, 0.15) is 5.01 Å². The molecule has 2 aromatic heterocycles. The molecule has 0 aliphatic rings. The lowest BCUT2D eigenvalue weighted by Crippen LogP contribution is -2.02. The van der Waals surface area contributed by atoms with Crippen molar-refractivity contribution in [2.45, 2.75) is 13.5 Å². The summed E-state index contributed by atoms with van der Waals surface area (Å²) in [6, 6.07) is 0. The lowest BCUT2D eigenvalue weighted by molar-refractivity contribution is 1.02. The van der Waals surface area contributed by atoms with Crippen LogP contribution in [0.25, 0.3) is 0 Å². The maximum absolute atomic E-state index is 4.33. The smallest absolute Gasteiger partial charge is 0.223 e. The van der Waals surface area contributed by atoms with Crippen molar-refractivity contribution in [3.05, 3.63) is 32.9 Å². The second-order valence-electron chi connectivity index (χ2n) is 2.96. The van der Waals surface area contributed by atoms with Crippen LogP contribution in [0, 0.1) is 6.92 Å². The number of thiazole rings is 1. The molecule has 0 spiro atoms. The van der Waals surface area contributed by atoms with Gasteiger partial charge in [-0.3, -0.25) is 0 Å². The Kier molecular flexibility index (Phi) is 3.27. The number of rotatable bonds is 3. The standard InChI is InChI=1S/C9H9BrN4S/c1-6-5-15-8(14-6)4-13-9-11-2-7(10)3-12-9/h2-3,5H,4H2,1H3,(H,11,12,13). The van der Waals surface area contributed by atoms with E-state index in [1.807, 2.05) is 12.3 Å². The van der Waals surface area contributed by atoms with Crippen molar-refractivity contribution in [1.29, 1.82) is 0 Å². The molecular formula is C9H9BrN4S. The average molecular weight is 285 g/mol. The van der Waals surface area contributed by atoms with Crippen LogP contribution in [-0.4, -0.2) is 15.0 Å². The Morgan fingerprint density at radius 2 is 2.13 bits per heavy atom. The van der Waals surface area contributed by atoms with Gasteiger partial charge in [-0.1, -0.05) is 0 Å². The van der Waals surface area contributed by atoms with E-state index < -0.39 is 0 Å². The first kappa shape index (κ1) is 10.5. The van der Waals surface area contributed by atoms with E-state index in [4.69, 9.17) is 0 Å². The topological polar surface area (TPSA) is 50.7 Å². The van der Waals surface area contributed by atoms with Gasteiger partial charge in [-0.05, 0) is 22.9 Å². The summed E-state index contributed by atoms with van der Waals surface area (Å²) in [5, 5.41) is 6.17. The predicted octanol–water partition coefficient (Wildman–Crippen LogP) is 2.62. The van der Waals surface area contributed by atoms with Crippen LogP contribution in [0.5, 0.6) is 0 Å². The molecule has 4 nitrogen and oxygen atoms in total. The first-order valence-corrected chi connectivity index (χ1v) is 6.04. The normalized spacial score (nSPS) is 10.3. The molecule has 6 heteroatoms. The summed E-state index contributed by atoms with van der Waals surface area (Å²) < 4.78 is 0.873. The lowest BCUT2D eigenvalue weighted by Gasteiger charge is -2.00. The monoisotopic (exact) mass is 284 g/mol. The van der Waals surface area contributed by atoms with Crippen LogP contribution in [-0.2, 0) is 6.54 Å². The highest BCUT2D eigenvalue weighted by Crippen LogP contribution is 2.11. The van der Waals surface area contributed by atoms with Crippen molar-refractivity contribution in [3.8, 4) is 0 Å². The molecule has 2 heterocycles. The molecule has 0 unspecified atom stereocenters. The highest BCUT2D eigenvalue weighted by Gasteiger charge is 1.99. The van der Waals surface area contributed by atoms with Crippen molar-refractivity contribution >= 4 is 33.2 Å². The molecule has 0 fully saturated rings. The lowest BCUT2D eigenvalue weighted by atomic mass is 10.6. The van der Waals surface area contributed by atoms with Gasteiger partial charge in [0, 0.05) is 23.5 Å². The fraction of sp³-hybridized carbons (Fsp3) is 0.222. The van der Waals surface area contributed by atoms with Crippen molar-refractivity contribution < 1.29 is 0 Å². The Labute approximate surface area is 99.9 Å². The minimum absolute atomic E-state index is 0.617. The van der Waals surface area contributed by atoms with Gasteiger partial charge in [0.2, 0.25) is 5.95 Å². The summed E-state index contributed by atoms with van der Waals surface area (Å²) in [4.78, 5) is 12.6. The van der Waals surface area contributed by atoms with Crippen LogP contribution in [0.1, 0.15) is 10.7 Å². The maximum atomic E-state index is 4.33. The average Bonchev–Trinajstić information content (AvgIpc) is 2.64. The van der Waals surface area contributed by atoms with Gasteiger partial charge in [-0.2, -0.15) is 0 Å². The van der Waals surface area contributed by atoms with Gasteiger partial charge in [-0.15, -0.1) is 11.3 Å². The number of halogens is 1. The van der Waals surface area contributed by atoms with Crippen LogP contribution < -0.4 is 5.32 Å². The van der Waals surface area contributed by atoms with E-state index in [9.17, 15) is 0 Å². The van der Waals surface area contributed by atoms with E-state index >= 15 is 0 Å². The number of nitrogens with zero attached hydrogens (tertiary/aromatic N) is 3. The van der Waals surface area contributed by atoms with Gasteiger partial charge in [0.05, 0.1) is 11.0 Å². The Morgan fingerprint density at radius 1 is 1.40 bits per heavy atom. The largest absolute Gasteiger partial charge is 0.348 e. The summed E-state index contributed by atoms with van der Waals surface area (Å²) in [5.74, 6) is 0.617. The van der Waals surface area contributed by atoms with Crippen molar-refractivity contribution in [3.63, 3.8) is 0 Å². The molecule has 2 aromatic rings. The third-order valence-electron chi connectivity index (χ3n) is 1.68. The molecule has 0 saturated carbocycles. The molecule has 0 bridgehead atoms. The van der Waals surface area contributed by atoms with E-state index in [-0.39, 0.29) is 0 Å². The summed E-state index contributed by atoms with van der Waals surface area (Å²) in [6.07, 6.45) is 3.42. The van der Waals surface area contributed by atoms with E-state index in [2.05, 4.69) is 36.2 Å². The second kappa shape index (κ2) is 4.67. The Hall–Kier alpha value is -1.01. The third-order valence-corrected chi connectivity index (χ3v) is 3.06. The molecule has 0 radical (unpaired) electrons. The number of anilines is 1. The molecule has 15 heavy (non-hydrogen) atoms. The molecule has 78 valence electrons. The highest BCUT2D eigenvalue weighted by atomic mass is 79.9. The molecule has 0 amide bonds. The van der Waals surface area contributed by atoms with Crippen molar-refractivity contribution in [2.24, 2.45) is 0 Å². The van der Waals surface area contributed by atoms with Crippen LogP contribution in [0.3, 0.4) is 0 Å². The quantitative estimate of drug-likeness (QED) is 0.941. The zero-order valence-electron chi connectivity index (χ0n) is 8.07. The molecule has 0 atom stereocenters. The summed E-state index contributed by atoms with van der Waals surface area (Å²) in [5.41, 5.74) is 1.05. The summed E-state index contributed by atoms with van der Waals surface area (Å²) in [6.45, 7) is 2.65. The van der Waals surface area contributed by atoms with Gasteiger partial charge >= 0.3 is 0 Å². The highest BCUT2D eigenvalue weighted by molar-refractivity contribution is 9.10. The predicted molar refractivity (Wildman–Crippen MR) is 63.9 cm³/mol. The van der Waals surface area contributed by atoms with Crippen LogP contribution >= 0.6 is 27.3 Å². The summed E-state index contributed by atoms with van der Waals surface area (Å²) >= 11 is 4.92. The number of aromatic nitrogens is 3. The van der Waals surface area contributed by atoms with E-state index in [1.54, 1.807) is 23.7 Å². The number of aryl methyl sites for hydroxylation is 1. The number of nitrogens with one attached hydrogen (secondary N) is 1. The first-order valence-electron chi connectivity index (χ1n) is 4.36. The van der Waals surface area contributed by atoms with E-state index in [0.29, 0.717) is 12.5 Å². The van der Waals surface area contributed by atoms with Gasteiger partial charge < -0.3 is 5.32 Å². The third kappa shape index (κ3) is 2.97. The van der Waals surface area contributed by atoms with E-state index in [1.165, 1.54) is 0 Å². The fourth-order valence-electron chi connectivity index (χ4n) is 1.04. The van der Waals surface area contributed by atoms with Crippen molar-refractivity contribution in [1.82, 2.24) is 15.0 Å². The number of hydrogen-bond donors (Lipinski definition) is 1. The minimum atomic E-state index is 0.617. The molecule has 1 N–H and O–H groups in total. The van der Waals surface area contributed by atoms with Crippen LogP contribution in [0.15, 0.2) is 22.2 Å². The Bertz CT molecular complexity index is 440. The Morgan fingerprint density at radius 3 is 2.73 bits per heavy atom. The van der Waals surface area contributed by atoms with Crippen LogP contribution in [0.4, 0.5) is 5.95 Å². The van der Waals surface area contributed by atoms with Crippen molar-refractivity contribution in [2.75, 3.05) is 5.32 Å².